The molecule has 1 aromatic carbocycles. The van der Waals surface area contributed by atoms with Gasteiger partial charge in [-0.15, -0.1) is 22.9 Å². The van der Waals surface area contributed by atoms with Crippen molar-refractivity contribution >= 4 is 62.1 Å². The van der Waals surface area contributed by atoms with Crippen molar-refractivity contribution in [3.8, 4) is 0 Å². The summed E-state index contributed by atoms with van der Waals surface area (Å²) in [6, 6.07) is 6.32. The zero-order chi connectivity index (χ0) is 12.6. The van der Waals surface area contributed by atoms with Crippen LogP contribution in [0.5, 0.6) is 0 Å². The van der Waals surface area contributed by atoms with E-state index in [2.05, 4.69) is 15.9 Å². The highest BCUT2D eigenvalue weighted by Crippen LogP contribution is 2.42. The van der Waals surface area contributed by atoms with Crippen LogP contribution in [0.3, 0.4) is 0 Å². The van der Waals surface area contributed by atoms with Crippen molar-refractivity contribution < 1.29 is 4.39 Å². The molecule has 0 aliphatic carbocycles. The van der Waals surface area contributed by atoms with E-state index in [1.165, 1.54) is 17.4 Å². The van der Waals surface area contributed by atoms with Crippen LogP contribution in [-0.4, -0.2) is 0 Å². The lowest BCUT2D eigenvalue weighted by atomic mass is 10.1. The van der Waals surface area contributed by atoms with E-state index < -0.39 is 11.2 Å². The highest BCUT2D eigenvalue weighted by Gasteiger charge is 2.19. The molecule has 0 saturated heterocycles. The molecule has 1 unspecified atom stereocenters. The van der Waals surface area contributed by atoms with E-state index in [1.807, 2.05) is 0 Å². The van der Waals surface area contributed by atoms with Crippen LogP contribution in [0.1, 0.15) is 15.8 Å². The molecule has 0 amide bonds. The Labute approximate surface area is 125 Å². The molecule has 0 fully saturated rings. The monoisotopic (exact) mass is 372 g/mol. The van der Waals surface area contributed by atoms with Crippen molar-refractivity contribution in [1.82, 2.24) is 0 Å². The first kappa shape index (κ1) is 13.6. The lowest BCUT2D eigenvalue weighted by Crippen LogP contribution is -1.93. The Morgan fingerprint density at radius 3 is 2.59 bits per heavy atom. The number of rotatable bonds is 2. The summed E-state index contributed by atoms with van der Waals surface area (Å²) in [5.74, 6) is -0.475. The Balaban J connectivity index is 2.43. The van der Waals surface area contributed by atoms with Crippen LogP contribution in [0.25, 0.3) is 0 Å². The molecule has 2 rings (SSSR count). The second kappa shape index (κ2) is 5.45. The topological polar surface area (TPSA) is 0 Å². The number of hydrogen-bond acceptors (Lipinski definition) is 1. The number of halogens is 5. The average Bonchev–Trinajstić information content (AvgIpc) is 2.62. The van der Waals surface area contributed by atoms with Gasteiger partial charge in [0.05, 0.1) is 19.2 Å². The summed E-state index contributed by atoms with van der Waals surface area (Å²) in [5.41, 5.74) is 0.541. The van der Waals surface area contributed by atoms with Crippen LogP contribution >= 0.6 is 62.1 Å². The molecular formula is C11H5BrCl3FS. The minimum atomic E-state index is -0.507. The third-order valence-electron chi connectivity index (χ3n) is 2.17. The summed E-state index contributed by atoms with van der Waals surface area (Å²) in [7, 11) is 0. The van der Waals surface area contributed by atoms with Crippen molar-refractivity contribution in [2.24, 2.45) is 0 Å². The first-order valence-corrected chi connectivity index (χ1v) is 7.33. The fourth-order valence-corrected chi connectivity index (χ4v) is 3.77. The molecular weight excluding hydrogens is 369 g/mol. The Hall–Kier alpha value is 0.200. The number of thiophene rings is 1. The maximum atomic E-state index is 13.3. The quantitative estimate of drug-likeness (QED) is 0.542. The zero-order valence-corrected chi connectivity index (χ0v) is 12.9. The summed E-state index contributed by atoms with van der Waals surface area (Å²) in [6.45, 7) is 0. The van der Waals surface area contributed by atoms with Gasteiger partial charge < -0.3 is 0 Å². The van der Waals surface area contributed by atoms with Crippen LogP contribution < -0.4 is 0 Å². The minimum absolute atomic E-state index is 0.0492. The summed E-state index contributed by atoms with van der Waals surface area (Å²) in [6.07, 6.45) is 0. The van der Waals surface area contributed by atoms with Gasteiger partial charge in [0, 0.05) is 4.88 Å². The predicted molar refractivity (Wildman–Crippen MR) is 76.1 cm³/mol. The second-order valence-corrected chi connectivity index (χ2v) is 6.90. The molecule has 17 heavy (non-hydrogen) atoms. The van der Waals surface area contributed by atoms with Gasteiger partial charge in [0.2, 0.25) is 0 Å². The normalized spacial score (nSPS) is 12.8. The minimum Gasteiger partial charge on any atom is -0.205 e. The Morgan fingerprint density at radius 2 is 2.00 bits per heavy atom. The molecule has 1 heterocycles. The molecule has 0 aliphatic heterocycles. The summed E-state index contributed by atoms with van der Waals surface area (Å²) in [4.78, 5) is 0.816. The smallest absolute Gasteiger partial charge is 0.142 e. The predicted octanol–water partition coefficient (Wildman–Crippen LogP) is 6.28. The Morgan fingerprint density at radius 1 is 1.29 bits per heavy atom. The maximum absolute atomic E-state index is 13.3. The van der Waals surface area contributed by atoms with Crippen molar-refractivity contribution in [1.29, 1.82) is 0 Å². The fraction of sp³-hybridized carbons (Fsp3) is 0.0909. The van der Waals surface area contributed by atoms with E-state index in [4.69, 9.17) is 34.8 Å². The molecule has 0 aliphatic rings. The van der Waals surface area contributed by atoms with E-state index in [1.54, 1.807) is 18.2 Å². The zero-order valence-electron chi connectivity index (χ0n) is 8.18. The summed E-state index contributed by atoms with van der Waals surface area (Å²) >= 11 is 22.8. The van der Waals surface area contributed by atoms with Gasteiger partial charge in [-0.05, 0) is 33.6 Å². The third-order valence-corrected chi connectivity index (χ3v) is 5.71. The van der Waals surface area contributed by atoms with E-state index >= 15 is 0 Å². The van der Waals surface area contributed by atoms with E-state index in [-0.39, 0.29) is 5.02 Å². The van der Waals surface area contributed by atoms with Gasteiger partial charge >= 0.3 is 0 Å². The molecule has 0 spiro atoms. The molecule has 0 radical (unpaired) electrons. The Kier molecular flexibility index (Phi) is 4.37. The van der Waals surface area contributed by atoms with Gasteiger partial charge in [-0.1, -0.05) is 35.3 Å². The summed E-state index contributed by atoms with van der Waals surface area (Å²) in [5, 5.41) is 0.128. The van der Waals surface area contributed by atoms with E-state index in [9.17, 15) is 4.39 Å². The highest BCUT2D eigenvalue weighted by atomic mass is 79.9. The maximum Gasteiger partial charge on any atom is 0.142 e. The van der Waals surface area contributed by atoms with Crippen molar-refractivity contribution in [2.45, 2.75) is 5.38 Å². The molecule has 90 valence electrons. The van der Waals surface area contributed by atoms with Gasteiger partial charge in [-0.2, -0.15) is 0 Å². The van der Waals surface area contributed by atoms with E-state index in [0.29, 0.717) is 10.6 Å². The number of benzene rings is 1. The largest absolute Gasteiger partial charge is 0.205 e. The SMILES string of the molecule is Fc1cccc(C(Cl)c2cc(Cl)c(Br)s2)c1Cl. The molecule has 0 saturated carbocycles. The number of alkyl halides is 1. The average molecular weight is 374 g/mol. The second-order valence-electron chi connectivity index (χ2n) is 3.28. The molecule has 2 aromatic rings. The van der Waals surface area contributed by atoms with Crippen molar-refractivity contribution in [2.75, 3.05) is 0 Å². The summed E-state index contributed by atoms with van der Waals surface area (Å²) < 4.78 is 14.1. The van der Waals surface area contributed by atoms with Gasteiger partial charge in [0.25, 0.3) is 0 Å². The highest BCUT2D eigenvalue weighted by molar-refractivity contribution is 9.11. The van der Waals surface area contributed by atoms with E-state index in [0.717, 1.165) is 8.66 Å². The van der Waals surface area contributed by atoms with Crippen LogP contribution in [0.15, 0.2) is 28.1 Å². The molecule has 0 N–H and O–H groups in total. The van der Waals surface area contributed by atoms with Crippen LogP contribution in [0.2, 0.25) is 10.0 Å². The first-order chi connectivity index (χ1) is 8.00. The Bertz CT molecular complexity index is 536. The third kappa shape index (κ3) is 2.79. The number of hydrogen-bond donors (Lipinski definition) is 0. The lowest BCUT2D eigenvalue weighted by molar-refractivity contribution is 0.626. The molecule has 1 aromatic heterocycles. The van der Waals surface area contributed by atoms with Crippen molar-refractivity contribution in [3.05, 3.63) is 54.4 Å². The van der Waals surface area contributed by atoms with Crippen LogP contribution in [0, 0.1) is 5.82 Å². The van der Waals surface area contributed by atoms with Crippen molar-refractivity contribution in [3.63, 3.8) is 0 Å². The van der Waals surface area contributed by atoms with Gasteiger partial charge in [0.1, 0.15) is 5.82 Å². The van der Waals surface area contributed by atoms with Gasteiger partial charge in [-0.25, -0.2) is 4.39 Å². The molecule has 1 atom stereocenters. The first-order valence-electron chi connectivity index (χ1n) is 4.53. The lowest BCUT2D eigenvalue weighted by Gasteiger charge is -2.09. The van der Waals surface area contributed by atoms with Gasteiger partial charge in [0.15, 0.2) is 0 Å². The van der Waals surface area contributed by atoms with Crippen LogP contribution in [-0.2, 0) is 0 Å². The molecule has 0 nitrogen and oxygen atoms in total. The van der Waals surface area contributed by atoms with Gasteiger partial charge in [-0.3, -0.25) is 0 Å². The molecule has 6 heteroatoms. The fourth-order valence-electron chi connectivity index (χ4n) is 1.36. The van der Waals surface area contributed by atoms with Crippen LogP contribution in [0.4, 0.5) is 4.39 Å². The standard InChI is InChI=1S/C11H5BrCl3FS/c12-11-6(13)4-8(17-11)10(15)5-2-1-3-7(16)9(5)14/h1-4,10H. The molecule has 0 bridgehead atoms.